The van der Waals surface area contributed by atoms with Gasteiger partial charge in [-0.2, -0.15) is 0 Å². The van der Waals surface area contributed by atoms with E-state index >= 15 is 0 Å². The van der Waals surface area contributed by atoms with Crippen LogP contribution in [0.15, 0.2) is 42.5 Å². The maximum atomic E-state index is 13.7. The monoisotopic (exact) mass is 557 g/mol. The number of anilines is 1. The number of benzene rings is 2. The van der Waals surface area contributed by atoms with Gasteiger partial charge in [0.2, 0.25) is 21.8 Å². The van der Waals surface area contributed by atoms with Crippen LogP contribution >= 0.6 is 23.2 Å². The van der Waals surface area contributed by atoms with E-state index in [1.54, 1.807) is 38.3 Å². The van der Waals surface area contributed by atoms with E-state index in [9.17, 15) is 18.0 Å². The van der Waals surface area contributed by atoms with E-state index in [4.69, 9.17) is 27.9 Å². The number of ether oxygens (including phenoxy) is 1. The first-order valence-corrected chi connectivity index (χ1v) is 13.9. The summed E-state index contributed by atoms with van der Waals surface area (Å²) in [6, 6.07) is 10.6. The minimum Gasteiger partial charge on any atom is -0.497 e. The molecular weight excluding hydrogens is 525 g/mol. The molecule has 0 spiro atoms. The molecule has 1 atom stereocenters. The molecule has 8 nitrogen and oxygen atoms in total. The van der Waals surface area contributed by atoms with Crippen molar-refractivity contribution in [2.45, 2.75) is 52.2 Å². The van der Waals surface area contributed by atoms with Crippen molar-refractivity contribution in [3.05, 3.63) is 58.1 Å². The van der Waals surface area contributed by atoms with E-state index in [-0.39, 0.29) is 28.2 Å². The van der Waals surface area contributed by atoms with E-state index in [0.717, 1.165) is 16.1 Å². The van der Waals surface area contributed by atoms with Crippen molar-refractivity contribution in [3.63, 3.8) is 0 Å². The molecule has 2 aromatic carbocycles. The Morgan fingerprint density at radius 2 is 1.67 bits per heavy atom. The van der Waals surface area contributed by atoms with Crippen molar-refractivity contribution in [1.29, 1.82) is 0 Å². The molecule has 0 radical (unpaired) electrons. The molecule has 36 heavy (non-hydrogen) atoms. The maximum Gasteiger partial charge on any atom is 0.244 e. The zero-order valence-electron chi connectivity index (χ0n) is 21.3. The van der Waals surface area contributed by atoms with Gasteiger partial charge < -0.3 is 15.0 Å². The van der Waals surface area contributed by atoms with E-state index in [1.807, 2.05) is 20.8 Å². The highest BCUT2D eigenvalue weighted by molar-refractivity contribution is 7.92. The Hall–Kier alpha value is -2.49. The SMILES string of the molecule is CCC(C(=O)NC(C)(C)C)N(Cc1ccc(OC)cc1)C(=O)CN(c1ccc(Cl)c(Cl)c1)S(C)(=O)=O. The van der Waals surface area contributed by atoms with Crippen LogP contribution in [0.4, 0.5) is 5.69 Å². The summed E-state index contributed by atoms with van der Waals surface area (Å²) in [7, 11) is -2.32. The molecule has 0 saturated heterocycles. The van der Waals surface area contributed by atoms with Crippen LogP contribution in [-0.2, 0) is 26.2 Å². The molecule has 0 aliphatic carbocycles. The summed E-state index contributed by atoms with van der Waals surface area (Å²) in [6.45, 7) is 6.92. The number of hydrogen-bond donors (Lipinski definition) is 1. The van der Waals surface area contributed by atoms with Crippen LogP contribution in [-0.4, -0.2) is 56.6 Å². The quantitative estimate of drug-likeness (QED) is 0.464. The van der Waals surface area contributed by atoms with Crippen LogP contribution in [0.3, 0.4) is 0 Å². The van der Waals surface area contributed by atoms with Gasteiger partial charge in [-0.1, -0.05) is 42.3 Å². The van der Waals surface area contributed by atoms with Gasteiger partial charge in [-0.25, -0.2) is 8.42 Å². The van der Waals surface area contributed by atoms with Crippen molar-refractivity contribution < 1.29 is 22.7 Å². The molecule has 2 rings (SSSR count). The number of carbonyl (C=O) groups is 2. The average Bonchev–Trinajstić information content (AvgIpc) is 2.77. The van der Waals surface area contributed by atoms with Crippen molar-refractivity contribution >= 4 is 50.7 Å². The Balaban J connectivity index is 2.47. The summed E-state index contributed by atoms with van der Waals surface area (Å²) in [5.41, 5.74) is 0.432. The van der Waals surface area contributed by atoms with Gasteiger partial charge in [0.25, 0.3) is 0 Å². The second-order valence-electron chi connectivity index (χ2n) is 9.40. The molecule has 0 bridgehead atoms. The third kappa shape index (κ3) is 8.28. The predicted molar refractivity (Wildman–Crippen MR) is 144 cm³/mol. The van der Waals surface area contributed by atoms with Gasteiger partial charge in [0.15, 0.2) is 0 Å². The zero-order chi connectivity index (χ0) is 27.3. The molecule has 0 saturated carbocycles. The Kier molecular flexibility index (Phi) is 10.0. The summed E-state index contributed by atoms with van der Waals surface area (Å²) in [5, 5.41) is 3.33. The van der Waals surface area contributed by atoms with E-state index < -0.39 is 34.1 Å². The fourth-order valence-electron chi connectivity index (χ4n) is 3.55. The number of hydrogen-bond acceptors (Lipinski definition) is 5. The number of methoxy groups -OCH3 is 1. The van der Waals surface area contributed by atoms with Gasteiger partial charge in [0.05, 0.1) is 29.1 Å². The van der Waals surface area contributed by atoms with Crippen LogP contribution in [0.25, 0.3) is 0 Å². The summed E-state index contributed by atoms with van der Waals surface area (Å²) in [4.78, 5) is 28.3. The van der Waals surface area contributed by atoms with Gasteiger partial charge in [0, 0.05) is 12.1 Å². The number of nitrogens with zero attached hydrogens (tertiary/aromatic N) is 2. The lowest BCUT2D eigenvalue weighted by Gasteiger charge is -2.34. The molecule has 1 N–H and O–H groups in total. The molecule has 0 aliphatic rings. The van der Waals surface area contributed by atoms with Crippen LogP contribution in [0.2, 0.25) is 10.0 Å². The topological polar surface area (TPSA) is 96.0 Å². The standard InChI is InChI=1S/C25H33Cl2N3O5S/c1-7-22(24(32)28-25(2,3)4)29(15-17-8-11-19(35-5)12-9-17)23(31)16-30(36(6,33)34)18-10-13-20(26)21(27)14-18/h8-14,22H,7,15-16H2,1-6H3,(H,28,32). The van der Waals surface area contributed by atoms with Crippen molar-refractivity contribution in [1.82, 2.24) is 10.2 Å². The molecule has 1 unspecified atom stereocenters. The van der Waals surface area contributed by atoms with Crippen molar-refractivity contribution in [3.8, 4) is 5.75 Å². The number of rotatable bonds is 10. The highest BCUT2D eigenvalue weighted by atomic mass is 35.5. The lowest BCUT2D eigenvalue weighted by molar-refractivity contribution is -0.141. The number of sulfonamides is 1. The van der Waals surface area contributed by atoms with E-state index in [1.165, 1.54) is 23.1 Å². The number of amides is 2. The third-order valence-corrected chi connectivity index (χ3v) is 7.15. The molecular formula is C25H33Cl2N3O5S. The molecule has 0 aromatic heterocycles. The zero-order valence-corrected chi connectivity index (χ0v) is 23.7. The molecule has 0 aliphatic heterocycles. The highest BCUT2D eigenvalue weighted by Crippen LogP contribution is 2.29. The van der Waals surface area contributed by atoms with Gasteiger partial charge in [-0.3, -0.25) is 13.9 Å². The largest absolute Gasteiger partial charge is 0.497 e. The minimum atomic E-state index is -3.87. The van der Waals surface area contributed by atoms with Crippen LogP contribution in [0.1, 0.15) is 39.7 Å². The average molecular weight is 559 g/mol. The number of carbonyl (C=O) groups excluding carboxylic acids is 2. The van der Waals surface area contributed by atoms with Crippen LogP contribution < -0.4 is 14.4 Å². The summed E-state index contributed by atoms with van der Waals surface area (Å²) in [5.74, 6) is -0.220. The molecule has 2 aromatic rings. The smallest absolute Gasteiger partial charge is 0.244 e. The second-order valence-corrected chi connectivity index (χ2v) is 12.1. The first-order chi connectivity index (χ1) is 16.7. The highest BCUT2D eigenvalue weighted by Gasteiger charge is 2.33. The summed E-state index contributed by atoms with van der Waals surface area (Å²) in [6.07, 6.45) is 1.33. The molecule has 2 amide bonds. The normalized spacial score (nSPS) is 12.6. The summed E-state index contributed by atoms with van der Waals surface area (Å²) < 4.78 is 31.5. The second kappa shape index (κ2) is 12.2. The van der Waals surface area contributed by atoms with Crippen molar-refractivity contribution in [2.24, 2.45) is 0 Å². The lowest BCUT2D eigenvalue weighted by Crippen LogP contribution is -2.55. The first-order valence-electron chi connectivity index (χ1n) is 11.3. The predicted octanol–water partition coefficient (Wildman–Crippen LogP) is 4.49. The fourth-order valence-corrected chi connectivity index (χ4v) is 4.69. The fraction of sp³-hybridized carbons (Fsp3) is 0.440. The lowest BCUT2D eigenvalue weighted by atomic mass is 10.1. The van der Waals surface area contributed by atoms with Gasteiger partial charge in [0.1, 0.15) is 18.3 Å². The Bertz CT molecular complexity index is 1180. The van der Waals surface area contributed by atoms with Crippen molar-refractivity contribution in [2.75, 3.05) is 24.2 Å². The Morgan fingerprint density at radius 1 is 1.06 bits per heavy atom. The van der Waals surface area contributed by atoms with Gasteiger partial charge in [-0.05, 0) is 63.1 Å². The summed E-state index contributed by atoms with van der Waals surface area (Å²) >= 11 is 12.1. The van der Waals surface area contributed by atoms with Crippen LogP contribution in [0, 0.1) is 0 Å². The van der Waals surface area contributed by atoms with E-state index in [2.05, 4.69) is 5.32 Å². The molecule has 11 heteroatoms. The molecule has 0 heterocycles. The van der Waals surface area contributed by atoms with Gasteiger partial charge >= 0.3 is 0 Å². The first kappa shape index (κ1) is 29.7. The number of halogens is 2. The third-order valence-electron chi connectivity index (χ3n) is 5.27. The van der Waals surface area contributed by atoms with E-state index in [0.29, 0.717) is 12.2 Å². The molecule has 0 fully saturated rings. The Labute approximate surface area is 223 Å². The number of nitrogens with one attached hydrogen (secondary N) is 1. The maximum absolute atomic E-state index is 13.7. The van der Waals surface area contributed by atoms with Crippen LogP contribution in [0.5, 0.6) is 5.75 Å². The minimum absolute atomic E-state index is 0.0951. The molecule has 198 valence electrons. The van der Waals surface area contributed by atoms with Gasteiger partial charge in [-0.15, -0.1) is 0 Å². The Morgan fingerprint density at radius 3 is 2.14 bits per heavy atom.